The first-order chi connectivity index (χ1) is 7.20. The van der Waals surface area contributed by atoms with Crippen LogP contribution in [-0.2, 0) is 4.79 Å². The van der Waals surface area contributed by atoms with E-state index in [1.165, 1.54) is 0 Å². The van der Waals surface area contributed by atoms with Crippen LogP contribution in [0.5, 0.6) is 5.75 Å². The number of carboxylic acid groups (broad SMARTS) is 1. The van der Waals surface area contributed by atoms with E-state index in [1.807, 2.05) is 0 Å². The number of hydrogen-bond acceptors (Lipinski definition) is 2. The van der Waals surface area contributed by atoms with Crippen molar-refractivity contribution in [2.45, 2.75) is 18.8 Å². The minimum atomic E-state index is -0.816. The predicted octanol–water partition coefficient (Wildman–Crippen LogP) is 2.68. The van der Waals surface area contributed by atoms with Gasteiger partial charge < -0.3 is 9.84 Å². The van der Waals surface area contributed by atoms with Crippen molar-refractivity contribution in [1.29, 1.82) is 0 Å². The molecule has 1 aromatic rings. The number of hydrogen-bond donors (Lipinski definition) is 1. The van der Waals surface area contributed by atoms with Crippen molar-refractivity contribution in [3.8, 4) is 5.75 Å². The molecule has 0 aliphatic carbocycles. The lowest BCUT2D eigenvalue weighted by Gasteiger charge is -2.12. The summed E-state index contributed by atoms with van der Waals surface area (Å²) in [6.45, 7) is 0.528. The van der Waals surface area contributed by atoms with Gasteiger partial charge in [-0.15, -0.1) is 0 Å². The SMILES string of the molecule is O=C(O)C1CCCOc2c(Cl)cccc21. The van der Waals surface area contributed by atoms with Gasteiger partial charge in [0.2, 0.25) is 0 Å². The lowest BCUT2D eigenvalue weighted by molar-refractivity contribution is -0.138. The quantitative estimate of drug-likeness (QED) is 0.801. The third-order valence-corrected chi connectivity index (χ3v) is 2.85. The number of para-hydroxylation sites is 1. The van der Waals surface area contributed by atoms with Crippen LogP contribution in [0.15, 0.2) is 18.2 Å². The van der Waals surface area contributed by atoms with Crippen molar-refractivity contribution in [3.05, 3.63) is 28.8 Å². The molecule has 4 heteroatoms. The zero-order valence-corrected chi connectivity index (χ0v) is 8.83. The molecule has 0 bridgehead atoms. The molecule has 0 saturated heterocycles. The van der Waals surface area contributed by atoms with Gasteiger partial charge in [-0.1, -0.05) is 23.7 Å². The molecule has 1 N–H and O–H groups in total. The third kappa shape index (κ3) is 1.92. The minimum Gasteiger partial charge on any atom is -0.492 e. The van der Waals surface area contributed by atoms with E-state index in [1.54, 1.807) is 18.2 Å². The standard InChI is InChI=1S/C11H11ClO3/c12-9-5-1-3-7-8(11(13)14)4-2-6-15-10(7)9/h1,3,5,8H,2,4,6H2,(H,13,14). The Hall–Kier alpha value is -1.22. The Bertz CT molecular complexity index is 389. The summed E-state index contributed by atoms with van der Waals surface area (Å²) in [6.07, 6.45) is 1.34. The van der Waals surface area contributed by atoms with E-state index >= 15 is 0 Å². The van der Waals surface area contributed by atoms with E-state index in [-0.39, 0.29) is 0 Å². The van der Waals surface area contributed by atoms with Gasteiger partial charge in [-0.2, -0.15) is 0 Å². The van der Waals surface area contributed by atoms with Gasteiger partial charge in [0.25, 0.3) is 0 Å². The van der Waals surface area contributed by atoms with Crippen LogP contribution in [0.3, 0.4) is 0 Å². The molecule has 80 valence electrons. The molecule has 0 fully saturated rings. The number of carbonyl (C=O) groups is 1. The molecule has 1 aliphatic heterocycles. The number of benzene rings is 1. The zero-order valence-electron chi connectivity index (χ0n) is 8.07. The van der Waals surface area contributed by atoms with E-state index in [2.05, 4.69) is 0 Å². The molecular formula is C11H11ClO3. The first-order valence-corrected chi connectivity index (χ1v) is 5.22. The van der Waals surface area contributed by atoms with Crippen molar-refractivity contribution in [2.24, 2.45) is 0 Å². The first kappa shape index (κ1) is 10.3. The van der Waals surface area contributed by atoms with E-state index in [4.69, 9.17) is 21.4 Å². The van der Waals surface area contributed by atoms with Gasteiger partial charge >= 0.3 is 5.97 Å². The Morgan fingerprint density at radius 1 is 1.53 bits per heavy atom. The van der Waals surface area contributed by atoms with E-state index in [0.717, 1.165) is 6.42 Å². The minimum absolute atomic E-state index is 0.487. The number of ether oxygens (including phenoxy) is 1. The summed E-state index contributed by atoms with van der Waals surface area (Å²) in [7, 11) is 0. The average Bonchev–Trinajstić information content (AvgIpc) is 2.40. The predicted molar refractivity (Wildman–Crippen MR) is 56.6 cm³/mol. The summed E-state index contributed by atoms with van der Waals surface area (Å²) >= 11 is 5.97. The summed E-state index contributed by atoms with van der Waals surface area (Å²) < 4.78 is 5.46. The first-order valence-electron chi connectivity index (χ1n) is 4.84. The van der Waals surface area contributed by atoms with Crippen molar-refractivity contribution in [3.63, 3.8) is 0 Å². The normalized spacial score (nSPS) is 19.9. The van der Waals surface area contributed by atoms with Gasteiger partial charge in [0.05, 0.1) is 17.5 Å². The van der Waals surface area contributed by atoms with E-state index in [9.17, 15) is 4.79 Å². The Kier molecular flexibility index (Phi) is 2.82. The highest BCUT2D eigenvalue weighted by Gasteiger charge is 2.26. The van der Waals surface area contributed by atoms with Crippen LogP contribution >= 0.6 is 11.6 Å². The fourth-order valence-electron chi connectivity index (χ4n) is 1.83. The molecule has 0 saturated carbocycles. The average molecular weight is 227 g/mol. The Balaban J connectivity index is 2.49. The number of rotatable bonds is 1. The molecular weight excluding hydrogens is 216 g/mol. The maximum atomic E-state index is 11.1. The van der Waals surface area contributed by atoms with Crippen LogP contribution in [0.1, 0.15) is 24.3 Å². The Morgan fingerprint density at radius 3 is 3.07 bits per heavy atom. The zero-order chi connectivity index (χ0) is 10.8. The third-order valence-electron chi connectivity index (χ3n) is 2.55. The van der Waals surface area contributed by atoms with Gasteiger partial charge in [0.15, 0.2) is 0 Å². The molecule has 3 nitrogen and oxygen atoms in total. The van der Waals surface area contributed by atoms with Crippen LogP contribution in [0.2, 0.25) is 5.02 Å². The van der Waals surface area contributed by atoms with Gasteiger partial charge in [0.1, 0.15) is 5.75 Å². The van der Waals surface area contributed by atoms with Crippen LogP contribution in [-0.4, -0.2) is 17.7 Å². The second-order valence-electron chi connectivity index (χ2n) is 3.54. The van der Waals surface area contributed by atoms with Crippen LogP contribution in [0.25, 0.3) is 0 Å². The second kappa shape index (κ2) is 4.11. The topological polar surface area (TPSA) is 46.5 Å². The molecule has 15 heavy (non-hydrogen) atoms. The van der Waals surface area contributed by atoms with Crippen LogP contribution < -0.4 is 4.74 Å². The van der Waals surface area contributed by atoms with Crippen molar-refractivity contribution in [2.75, 3.05) is 6.61 Å². The summed E-state index contributed by atoms with van der Waals surface area (Å²) in [5.41, 5.74) is 0.688. The Labute approximate surface area is 92.6 Å². The maximum Gasteiger partial charge on any atom is 0.311 e. The molecule has 1 atom stereocenters. The summed E-state index contributed by atoms with van der Waals surface area (Å²) in [5.74, 6) is -0.783. The molecule has 0 aromatic heterocycles. The fraction of sp³-hybridized carbons (Fsp3) is 0.364. The molecule has 1 heterocycles. The van der Waals surface area contributed by atoms with Gasteiger partial charge in [0, 0.05) is 5.56 Å². The van der Waals surface area contributed by atoms with Crippen molar-refractivity contribution >= 4 is 17.6 Å². The number of fused-ring (bicyclic) bond motifs is 1. The summed E-state index contributed by atoms with van der Waals surface area (Å²) in [6, 6.07) is 5.24. The van der Waals surface area contributed by atoms with Crippen molar-refractivity contribution < 1.29 is 14.6 Å². The van der Waals surface area contributed by atoms with E-state index < -0.39 is 11.9 Å². The fourth-order valence-corrected chi connectivity index (χ4v) is 2.06. The summed E-state index contributed by atoms with van der Waals surface area (Å²) in [4.78, 5) is 11.1. The number of aliphatic carboxylic acids is 1. The number of halogens is 1. The highest BCUT2D eigenvalue weighted by molar-refractivity contribution is 6.32. The number of carboxylic acids is 1. The molecule has 1 aliphatic rings. The smallest absolute Gasteiger partial charge is 0.311 e. The van der Waals surface area contributed by atoms with Gasteiger partial charge in [-0.05, 0) is 18.9 Å². The van der Waals surface area contributed by atoms with Gasteiger partial charge in [-0.3, -0.25) is 4.79 Å². The molecule has 0 amide bonds. The summed E-state index contributed by atoms with van der Waals surface area (Å²) in [5, 5.41) is 9.59. The maximum absolute atomic E-state index is 11.1. The van der Waals surface area contributed by atoms with Crippen LogP contribution in [0, 0.1) is 0 Å². The lowest BCUT2D eigenvalue weighted by Crippen LogP contribution is -2.10. The highest BCUT2D eigenvalue weighted by atomic mass is 35.5. The molecule has 0 spiro atoms. The van der Waals surface area contributed by atoms with Crippen LogP contribution in [0.4, 0.5) is 0 Å². The van der Waals surface area contributed by atoms with E-state index in [0.29, 0.717) is 29.4 Å². The Morgan fingerprint density at radius 2 is 2.33 bits per heavy atom. The molecule has 0 radical (unpaired) electrons. The lowest BCUT2D eigenvalue weighted by atomic mass is 9.94. The molecule has 1 aromatic carbocycles. The highest BCUT2D eigenvalue weighted by Crippen LogP contribution is 2.38. The largest absolute Gasteiger partial charge is 0.492 e. The molecule has 1 unspecified atom stereocenters. The second-order valence-corrected chi connectivity index (χ2v) is 3.95. The monoisotopic (exact) mass is 226 g/mol. The molecule has 2 rings (SSSR count). The van der Waals surface area contributed by atoms with Gasteiger partial charge in [-0.25, -0.2) is 0 Å². The van der Waals surface area contributed by atoms with Crippen molar-refractivity contribution in [1.82, 2.24) is 0 Å².